The zero-order valence-corrected chi connectivity index (χ0v) is 15.3. The summed E-state index contributed by atoms with van der Waals surface area (Å²) in [7, 11) is -3.85. The number of hydrogen-bond acceptors (Lipinski definition) is 8. The molecule has 3 aromatic heterocycles. The van der Waals surface area contributed by atoms with Gasteiger partial charge < -0.3 is 10.4 Å². The van der Waals surface area contributed by atoms with Crippen molar-refractivity contribution >= 4 is 32.6 Å². The van der Waals surface area contributed by atoms with Gasteiger partial charge in [-0.25, -0.2) is 23.5 Å². The van der Waals surface area contributed by atoms with Gasteiger partial charge in [-0.2, -0.15) is 10.2 Å². The molecule has 144 valence electrons. The molecule has 0 aliphatic carbocycles. The van der Waals surface area contributed by atoms with Crippen LogP contribution in [0, 0.1) is 0 Å². The van der Waals surface area contributed by atoms with Crippen molar-refractivity contribution in [1.29, 1.82) is 0 Å². The molecule has 0 aliphatic heterocycles. The number of primary sulfonamides is 1. The van der Waals surface area contributed by atoms with Crippen LogP contribution >= 0.6 is 0 Å². The number of aliphatic hydroxyl groups excluding tert-OH is 1. The van der Waals surface area contributed by atoms with Crippen LogP contribution in [-0.4, -0.2) is 50.1 Å². The number of anilines is 2. The average molecular weight is 400 g/mol. The van der Waals surface area contributed by atoms with Crippen LogP contribution in [0.15, 0.2) is 47.8 Å². The van der Waals surface area contributed by atoms with E-state index in [1.807, 2.05) is 0 Å². The third-order valence-electron chi connectivity index (χ3n) is 3.95. The fourth-order valence-corrected chi connectivity index (χ4v) is 3.22. The van der Waals surface area contributed by atoms with Crippen LogP contribution < -0.4 is 10.5 Å². The number of rotatable bonds is 6. The number of fused-ring (bicyclic) bond motifs is 1. The number of sulfonamides is 1. The van der Waals surface area contributed by atoms with Crippen LogP contribution in [-0.2, 0) is 16.6 Å². The van der Waals surface area contributed by atoms with E-state index >= 15 is 0 Å². The lowest BCUT2D eigenvalue weighted by Crippen LogP contribution is -2.12. The molecule has 4 aromatic rings. The molecule has 0 atom stereocenters. The van der Waals surface area contributed by atoms with Gasteiger partial charge in [-0.05, 0) is 12.1 Å². The first-order valence-electron chi connectivity index (χ1n) is 8.19. The zero-order valence-electron chi connectivity index (χ0n) is 14.4. The van der Waals surface area contributed by atoms with Crippen molar-refractivity contribution in [3.05, 3.63) is 42.9 Å². The molecule has 0 amide bonds. The molecule has 28 heavy (non-hydrogen) atoms. The van der Waals surface area contributed by atoms with E-state index in [1.165, 1.54) is 12.1 Å². The van der Waals surface area contributed by atoms with Gasteiger partial charge >= 0.3 is 0 Å². The first-order valence-corrected chi connectivity index (χ1v) is 9.73. The number of hydrogen-bond donors (Lipinski definition) is 4. The summed E-state index contributed by atoms with van der Waals surface area (Å²) in [5, 5.41) is 28.3. The highest BCUT2D eigenvalue weighted by Gasteiger charge is 2.14. The van der Waals surface area contributed by atoms with Gasteiger partial charge in [-0.1, -0.05) is 12.1 Å². The molecular weight excluding hydrogens is 384 g/mol. The van der Waals surface area contributed by atoms with Gasteiger partial charge in [-0.3, -0.25) is 9.78 Å². The largest absolute Gasteiger partial charge is 0.394 e. The first kappa shape index (κ1) is 18.0. The van der Waals surface area contributed by atoms with Crippen molar-refractivity contribution in [1.82, 2.24) is 29.9 Å². The van der Waals surface area contributed by atoms with Crippen LogP contribution in [0.1, 0.15) is 0 Å². The Morgan fingerprint density at radius 3 is 2.89 bits per heavy atom. The fourth-order valence-electron chi connectivity index (χ4n) is 2.66. The maximum absolute atomic E-state index is 11.6. The zero-order chi connectivity index (χ0) is 19.7. The molecule has 0 saturated carbocycles. The topological polar surface area (TPSA) is 165 Å². The summed E-state index contributed by atoms with van der Waals surface area (Å²) in [4.78, 5) is 8.91. The summed E-state index contributed by atoms with van der Waals surface area (Å²) >= 11 is 0. The quantitative estimate of drug-likeness (QED) is 0.365. The predicted octanol–water partition coefficient (Wildman–Crippen LogP) is 0.600. The Bertz CT molecular complexity index is 1250. The molecule has 0 fully saturated rings. The van der Waals surface area contributed by atoms with E-state index in [9.17, 15) is 8.42 Å². The number of nitrogens with two attached hydrogens (primary N) is 1. The minimum Gasteiger partial charge on any atom is -0.394 e. The van der Waals surface area contributed by atoms with Crippen molar-refractivity contribution in [2.24, 2.45) is 5.14 Å². The molecule has 0 radical (unpaired) electrons. The smallest absolute Gasteiger partial charge is 0.238 e. The lowest BCUT2D eigenvalue weighted by molar-refractivity contribution is 0.269. The third-order valence-corrected chi connectivity index (χ3v) is 4.86. The normalized spacial score (nSPS) is 11.8. The fraction of sp³-hybridized carbons (Fsp3) is 0.125. The molecule has 0 bridgehead atoms. The molecule has 12 heteroatoms. The number of H-pyrrole nitrogens is 1. The van der Waals surface area contributed by atoms with Crippen LogP contribution in [0.5, 0.6) is 0 Å². The van der Waals surface area contributed by atoms with Gasteiger partial charge in [0.15, 0.2) is 11.6 Å². The number of nitrogens with one attached hydrogen (secondary N) is 2. The molecular formula is C16H16N8O3S. The summed E-state index contributed by atoms with van der Waals surface area (Å²) in [6.07, 6.45) is 4.87. The monoisotopic (exact) mass is 400 g/mol. The van der Waals surface area contributed by atoms with E-state index in [0.29, 0.717) is 40.5 Å². The molecule has 1 aromatic carbocycles. The maximum Gasteiger partial charge on any atom is 0.238 e. The number of aromatic nitrogens is 6. The molecule has 0 spiro atoms. The van der Waals surface area contributed by atoms with Crippen LogP contribution in [0.3, 0.4) is 0 Å². The predicted molar refractivity (Wildman–Crippen MR) is 101 cm³/mol. The van der Waals surface area contributed by atoms with Gasteiger partial charge in [-0.15, -0.1) is 0 Å². The number of aromatic amines is 1. The Morgan fingerprint density at radius 2 is 2.11 bits per heavy atom. The van der Waals surface area contributed by atoms with E-state index < -0.39 is 10.0 Å². The maximum atomic E-state index is 11.6. The Balaban J connectivity index is 1.77. The van der Waals surface area contributed by atoms with E-state index in [4.69, 9.17) is 10.2 Å². The molecule has 0 unspecified atom stereocenters. The summed E-state index contributed by atoms with van der Waals surface area (Å²) in [6.45, 7) is 0.348. The Kier molecular flexibility index (Phi) is 4.50. The van der Waals surface area contributed by atoms with Crippen molar-refractivity contribution in [3.8, 4) is 11.4 Å². The first-order chi connectivity index (χ1) is 13.4. The summed E-state index contributed by atoms with van der Waals surface area (Å²) in [5.41, 5.74) is 2.29. The highest BCUT2D eigenvalue weighted by Crippen LogP contribution is 2.26. The minimum absolute atomic E-state index is 0.0238. The summed E-state index contributed by atoms with van der Waals surface area (Å²) < 4.78 is 24.9. The highest BCUT2D eigenvalue weighted by atomic mass is 32.2. The van der Waals surface area contributed by atoms with E-state index in [-0.39, 0.29) is 11.5 Å². The Labute approximate surface area is 159 Å². The van der Waals surface area contributed by atoms with Crippen LogP contribution in [0.25, 0.3) is 22.4 Å². The number of aliphatic hydroxyl groups is 1. The average Bonchev–Trinajstić information content (AvgIpc) is 3.31. The molecule has 0 aliphatic rings. The van der Waals surface area contributed by atoms with Gasteiger partial charge in [0.2, 0.25) is 10.0 Å². The lowest BCUT2D eigenvalue weighted by atomic mass is 10.2. The number of nitrogens with zero attached hydrogens (tertiary/aromatic N) is 5. The molecule has 4 rings (SSSR count). The molecule has 5 N–H and O–H groups in total. The van der Waals surface area contributed by atoms with Crippen molar-refractivity contribution < 1.29 is 13.5 Å². The Morgan fingerprint density at radius 1 is 1.25 bits per heavy atom. The standard InChI is InChI=1S/C16H16N8O3S/c17-28(26,27)12-3-1-2-10(6-12)15-21-13-8-18-23-14(13)16(22-15)20-11-7-19-24(9-11)4-5-25/h1-3,6-9,25H,4-5H2,(H,18,23)(H2,17,26,27)(H,20,21,22). The van der Waals surface area contributed by atoms with Gasteiger partial charge in [0, 0.05) is 11.8 Å². The molecule has 3 heterocycles. The van der Waals surface area contributed by atoms with Crippen molar-refractivity contribution in [2.45, 2.75) is 11.4 Å². The van der Waals surface area contributed by atoms with E-state index in [1.54, 1.807) is 35.4 Å². The van der Waals surface area contributed by atoms with Crippen LogP contribution in [0.4, 0.5) is 11.5 Å². The highest BCUT2D eigenvalue weighted by molar-refractivity contribution is 7.89. The van der Waals surface area contributed by atoms with Crippen LogP contribution in [0.2, 0.25) is 0 Å². The second kappa shape index (κ2) is 6.99. The second-order valence-corrected chi connectivity index (χ2v) is 7.50. The van der Waals surface area contributed by atoms with Crippen molar-refractivity contribution in [3.63, 3.8) is 0 Å². The van der Waals surface area contributed by atoms with E-state index in [2.05, 4.69) is 30.6 Å². The van der Waals surface area contributed by atoms with Gasteiger partial charge in [0.05, 0.1) is 36.1 Å². The summed E-state index contributed by atoms with van der Waals surface area (Å²) in [6, 6.07) is 6.09. The SMILES string of the molecule is NS(=O)(=O)c1cccc(-c2nc(Nc3cnn(CCO)c3)c3[nH]ncc3n2)c1. The minimum atomic E-state index is -3.85. The van der Waals surface area contributed by atoms with Crippen molar-refractivity contribution in [2.75, 3.05) is 11.9 Å². The summed E-state index contributed by atoms with van der Waals surface area (Å²) in [5.74, 6) is 0.756. The second-order valence-electron chi connectivity index (χ2n) is 5.94. The Hall–Kier alpha value is -3.35. The van der Waals surface area contributed by atoms with Gasteiger partial charge in [0.25, 0.3) is 0 Å². The van der Waals surface area contributed by atoms with Gasteiger partial charge in [0.1, 0.15) is 11.0 Å². The van der Waals surface area contributed by atoms with E-state index in [0.717, 1.165) is 0 Å². The number of benzene rings is 1. The lowest BCUT2D eigenvalue weighted by Gasteiger charge is -2.08. The third kappa shape index (κ3) is 3.55. The molecule has 0 saturated heterocycles. The molecule has 11 nitrogen and oxygen atoms in total.